The van der Waals surface area contributed by atoms with Gasteiger partial charge >= 0.3 is 6.03 Å². The van der Waals surface area contributed by atoms with E-state index in [1.54, 1.807) is 14.0 Å². The standard InChI is InChI=1S/C5H10N2O2/c1-4-6-5(8)7(2)3-9-4/h4H,3H2,1-2H3,(H,6,8). The number of hydrogen-bond acceptors (Lipinski definition) is 2. The van der Waals surface area contributed by atoms with E-state index in [2.05, 4.69) is 5.32 Å². The minimum absolute atomic E-state index is 0.0752. The number of carbonyl (C=O) groups excluding carboxylic acids is 1. The first-order valence-electron chi connectivity index (χ1n) is 2.83. The Kier molecular flexibility index (Phi) is 1.57. The lowest BCUT2D eigenvalue weighted by molar-refractivity contribution is -0.0308. The third-order valence-electron chi connectivity index (χ3n) is 1.19. The zero-order valence-corrected chi connectivity index (χ0v) is 5.55. The van der Waals surface area contributed by atoms with E-state index in [4.69, 9.17) is 4.74 Å². The molecular weight excluding hydrogens is 120 g/mol. The van der Waals surface area contributed by atoms with Gasteiger partial charge in [0, 0.05) is 7.05 Å². The molecule has 0 aliphatic carbocycles. The molecule has 1 aliphatic heterocycles. The predicted octanol–water partition coefficient (Wildman–Crippen LogP) is -0.0385. The molecule has 0 aromatic carbocycles. The van der Waals surface area contributed by atoms with E-state index in [1.807, 2.05) is 0 Å². The lowest BCUT2D eigenvalue weighted by Gasteiger charge is -2.28. The van der Waals surface area contributed by atoms with Crippen LogP contribution in [0.3, 0.4) is 0 Å². The van der Waals surface area contributed by atoms with E-state index in [0.717, 1.165) is 0 Å². The van der Waals surface area contributed by atoms with Gasteiger partial charge in [0.15, 0.2) is 0 Å². The second kappa shape index (κ2) is 2.23. The van der Waals surface area contributed by atoms with Crippen LogP contribution in [0.25, 0.3) is 0 Å². The van der Waals surface area contributed by atoms with E-state index in [0.29, 0.717) is 6.73 Å². The highest BCUT2D eigenvalue weighted by Gasteiger charge is 2.17. The number of nitrogens with one attached hydrogen (secondary N) is 1. The molecule has 1 rings (SSSR count). The van der Waals surface area contributed by atoms with E-state index >= 15 is 0 Å². The molecule has 52 valence electrons. The quantitative estimate of drug-likeness (QED) is 0.500. The van der Waals surface area contributed by atoms with Crippen LogP contribution in [-0.2, 0) is 4.74 Å². The summed E-state index contributed by atoms with van der Waals surface area (Å²) in [5, 5.41) is 2.59. The maximum atomic E-state index is 10.7. The van der Waals surface area contributed by atoms with Gasteiger partial charge in [-0.25, -0.2) is 4.79 Å². The summed E-state index contributed by atoms with van der Waals surface area (Å²) in [4.78, 5) is 12.2. The van der Waals surface area contributed by atoms with Crippen molar-refractivity contribution in [3.63, 3.8) is 0 Å². The first-order chi connectivity index (χ1) is 4.20. The summed E-state index contributed by atoms with van der Waals surface area (Å²) in [5.74, 6) is 0. The van der Waals surface area contributed by atoms with E-state index in [9.17, 15) is 4.79 Å². The molecular formula is C5H10N2O2. The van der Waals surface area contributed by atoms with Crippen molar-refractivity contribution in [3.8, 4) is 0 Å². The average molecular weight is 130 g/mol. The van der Waals surface area contributed by atoms with Gasteiger partial charge in [0.05, 0.1) is 0 Å². The Morgan fingerprint density at radius 2 is 2.56 bits per heavy atom. The molecule has 0 aromatic heterocycles. The van der Waals surface area contributed by atoms with Gasteiger partial charge in [0.2, 0.25) is 0 Å². The van der Waals surface area contributed by atoms with E-state index in [1.165, 1.54) is 4.90 Å². The van der Waals surface area contributed by atoms with Crippen molar-refractivity contribution in [3.05, 3.63) is 0 Å². The fraction of sp³-hybridized carbons (Fsp3) is 0.800. The molecule has 1 atom stereocenters. The highest BCUT2D eigenvalue weighted by molar-refractivity contribution is 5.74. The molecule has 9 heavy (non-hydrogen) atoms. The second-order valence-corrected chi connectivity index (χ2v) is 2.09. The Hall–Kier alpha value is -0.770. The van der Waals surface area contributed by atoms with Crippen molar-refractivity contribution in [2.24, 2.45) is 0 Å². The largest absolute Gasteiger partial charge is 0.338 e. The lowest BCUT2D eigenvalue weighted by Crippen LogP contribution is -2.50. The first-order valence-corrected chi connectivity index (χ1v) is 2.83. The van der Waals surface area contributed by atoms with Gasteiger partial charge < -0.3 is 15.0 Å². The Morgan fingerprint density at radius 3 is 3.00 bits per heavy atom. The summed E-state index contributed by atoms with van der Waals surface area (Å²) in [5.41, 5.74) is 0. The molecule has 0 radical (unpaired) electrons. The fourth-order valence-corrected chi connectivity index (χ4v) is 0.608. The number of carbonyl (C=O) groups is 1. The smallest absolute Gasteiger partial charge is 0.320 e. The number of hydrogen-bond donors (Lipinski definition) is 1. The Morgan fingerprint density at radius 1 is 1.89 bits per heavy atom. The van der Waals surface area contributed by atoms with Crippen LogP contribution >= 0.6 is 0 Å². The summed E-state index contributed by atoms with van der Waals surface area (Å²) in [6, 6.07) is -0.0752. The molecule has 1 aliphatic rings. The highest BCUT2D eigenvalue weighted by atomic mass is 16.5. The molecule has 4 nitrogen and oxygen atoms in total. The SMILES string of the molecule is CC1NC(=O)N(C)CO1. The topological polar surface area (TPSA) is 41.6 Å². The molecule has 4 heteroatoms. The average Bonchev–Trinajstić information content (AvgIpc) is 1.80. The molecule has 2 amide bonds. The predicted molar refractivity (Wildman–Crippen MR) is 31.7 cm³/mol. The van der Waals surface area contributed by atoms with E-state index in [-0.39, 0.29) is 12.3 Å². The number of rotatable bonds is 0. The summed E-state index contributed by atoms with van der Waals surface area (Å²) >= 11 is 0. The number of nitrogens with zero attached hydrogens (tertiary/aromatic N) is 1. The molecule has 1 N–H and O–H groups in total. The number of ether oxygens (including phenoxy) is 1. The lowest BCUT2D eigenvalue weighted by atomic mass is 10.6. The summed E-state index contributed by atoms with van der Waals surface area (Å²) in [6.07, 6.45) is -0.145. The maximum absolute atomic E-state index is 10.7. The van der Waals surface area contributed by atoms with Crippen LogP contribution in [0, 0.1) is 0 Å². The van der Waals surface area contributed by atoms with Gasteiger partial charge in [-0.1, -0.05) is 0 Å². The van der Waals surface area contributed by atoms with Crippen molar-refractivity contribution in [2.75, 3.05) is 13.8 Å². The van der Waals surface area contributed by atoms with Crippen LogP contribution in [0.15, 0.2) is 0 Å². The Labute approximate surface area is 53.8 Å². The van der Waals surface area contributed by atoms with Gasteiger partial charge in [0.1, 0.15) is 13.0 Å². The van der Waals surface area contributed by atoms with Gasteiger partial charge in [-0.15, -0.1) is 0 Å². The summed E-state index contributed by atoms with van der Waals surface area (Å²) in [6.45, 7) is 2.18. The van der Waals surface area contributed by atoms with Gasteiger partial charge in [0.25, 0.3) is 0 Å². The summed E-state index contributed by atoms with van der Waals surface area (Å²) < 4.78 is 5.05. The van der Waals surface area contributed by atoms with Crippen LogP contribution < -0.4 is 5.32 Å². The zero-order chi connectivity index (χ0) is 6.85. The van der Waals surface area contributed by atoms with Crippen molar-refractivity contribution in [1.82, 2.24) is 10.2 Å². The second-order valence-electron chi connectivity index (χ2n) is 2.09. The molecule has 0 aromatic rings. The minimum atomic E-state index is -0.145. The fourth-order valence-electron chi connectivity index (χ4n) is 0.608. The molecule has 0 saturated carbocycles. The first kappa shape index (κ1) is 6.35. The zero-order valence-electron chi connectivity index (χ0n) is 5.55. The van der Waals surface area contributed by atoms with Gasteiger partial charge in [-0.05, 0) is 6.92 Å². The van der Waals surface area contributed by atoms with Crippen LogP contribution in [0.4, 0.5) is 4.79 Å². The number of urea groups is 1. The molecule has 0 spiro atoms. The molecule has 1 fully saturated rings. The molecule has 0 bridgehead atoms. The maximum Gasteiger partial charge on any atom is 0.320 e. The van der Waals surface area contributed by atoms with Crippen LogP contribution in [0.1, 0.15) is 6.92 Å². The van der Waals surface area contributed by atoms with Crippen LogP contribution in [0.5, 0.6) is 0 Å². The molecule has 1 saturated heterocycles. The van der Waals surface area contributed by atoms with Crippen molar-refractivity contribution < 1.29 is 9.53 Å². The van der Waals surface area contributed by atoms with E-state index < -0.39 is 0 Å². The Bertz CT molecular complexity index is 126. The molecule has 1 heterocycles. The van der Waals surface area contributed by atoms with Crippen molar-refractivity contribution in [1.29, 1.82) is 0 Å². The van der Waals surface area contributed by atoms with Gasteiger partial charge in [-0.2, -0.15) is 0 Å². The Balaban J connectivity index is 2.44. The normalized spacial score (nSPS) is 28.0. The minimum Gasteiger partial charge on any atom is -0.338 e. The molecule has 1 unspecified atom stereocenters. The number of amides is 2. The van der Waals surface area contributed by atoms with Crippen LogP contribution in [-0.4, -0.2) is 30.9 Å². The van der Waals surface area contributed by atoms with Crippen LogP contribution in [0.2, 0.25) is 0 Å². The van der Waals surface area contributed by atoms with Crippen molar-refractivity contribution in [2.45, 2.75) is 13.2 Å². The third-order valence-corrected chi connectivity index (χ3v) is 1.19. The van der Waals surface area contributed by atoms with Gasteiger partial charge in [-0.3, -0.25) is 0 Å². The third kappa shape index (κ3) is 1.32. The van der Waals surface area contributed by atoms with Crippen molar-refractivity contribution >= 4 is 6.03 Å². The summed E-state index contributed by atoms with van der Waals surface area (Å²) in [7, 11) is 1.68. The highest BCUT2D eigenvalue weighted by Crippen LogP contribution is 1.97. The monoisotopic (exact) mass is 130 g/mol.